The van der Waals surface area contributed by atoms with Crippen molar-refractivity contribution in [2.24, 2.45) is 0 Å². The number of alkyl halides is 5. The number of nitro groups is 1. The summed E-state index contributed by atoms with van der Waals surface area (Å²) in [6.07, 6.45) is 0. The van der Waals surface area contributed by atoms with Crippen molar-refractivity contribution in [2.45, 2.75) is 8.25 Å². The van der Waals surface area contributed by atoms with E-state index in [4.69, 9.17) is 58.0 Å². The third-order valence-electron chi connectivity index (χ3n) is 1.22. The fourth-order valence-electron chi connectivity index (χ4n) is 0.598. The van der Waals surface area contributed by atoms with Crippen molar-refractivity contribution in [3.8, 4) is 0 Å². The van der Waals surface area contributed by atoms with Gasteiger partial charge >= 0.3 is 10.4 Å². The van der Waals surface area contributed by atoms with Crippen LogP contribution in [-0.2, 0) is 4.46 Å². The lowest BCUT2D eigenvalue weighted by atomic mass is 10.7. The predicted octanol–water partition coefficient (Wildman–Crippen LogP) is 2.04. The number of rotatable bonds is 2. The van der Waals surface area contributed by atoms with E-state index in [1.165, 1.54) is 0 Å². The first-order chi connectivity index (χ1) is 6.68. The fourth-order valence-corrected chi connectivity index (χ4v) is 1.06. The van der Waals surface area contributed by atoms with Crippen LogP contribution in [0.4, 0.5) is 5.95 Å². The van der Waals surface area contributed by atoms with Crippen LogP contribution in [0, 0.1) is 10.1 Å². The highest BCUT2D eigenvalue weighted by Crippen LogP contribution is 2.49. The molecule has 0 fully saturated rings. The Morgan fingerprint density at radius 3 is 2.20 bits per heavy atom. The zero-order valence-corrected chi connectivity index (χ0v) is 10.2. The van der Waals surface area contributed by atoms with E-state index in [9.17, 15) is 10.1 Å². The molecule has 12 heteroatoms. The number of hydrogen-bond acceptors (Lipinski definition) is 5. The first kappa shape index (κ1) is 13.0. The van der Waals surface area contributed by atoms with E-state index < -0.39 is 19.1 Å². The lowest BCUT2D eigenvalue weighted by molar-refractivity contribution is -0.397. The van der Waals surface area contributed by atoms with Crippen LogP contribution < -0.4 is 0 Å². The average Bonchev–Trinajstić information content (AvgIpc) is 2.48. The molecule has 1 heterocycles. The number of hydrogen-bond donors (Lipinski definition) is 0. The smallest absolute Gasteiger partial charge is 0.390 e. The molecule has 0 aliphatic rings. The molecule has 0 spiro atoms. The summed E-state index contributed by atoms with van der Waals surface area (Å²) in [6.45, 7) is 0. The summed E-state index contributed by atoms with van der Waals surface area (Å²) in [5.74, 6) is -0.841. The van der Waals surface area contributed by atoms with Gasteiger partial charge in [0, 0.05) is 5.21 Å². The van der Waals surface area contributed by atoms with Gasteiger partial charge in [-0.3, -0.25) is 0 Å². The highest BCUT2D eigenvalue weighted by Gasteiger charge is 2.55. The summed E-state index contributed by atoms with van der Waals surface area (Å²) in [4.78, 5) is 9.53. The van der Waals surface area contributed by atoms with E-state index in [2.05, 4.69) is 15.5 Å². The number of nitrogens with zero attached hydrogens (tertiary/aromatic N) is 5. The Kier molecular flexibility index (Phi) is 3.52. The summed E-state index contributed by atoms with van der Waals surface area (Å²) in [5.41, 5.74) is 0. The first-order valence-electron chi connectivity index (χ1n) is 3.05. The van der Waals surface area contributed by atoms with Crippen molar-refractivity contribution in [2.75, 3.05) is 0 Å². The Morgan fingerprint density at radius 1 is 1.27 bits per heavy atom. The van der Waals surface area contributed by atoms with Crippen LogP contribution in [0.2, 0.25) is 0 Å². The maximum atomic E-state index is 10.5. The van der Waals surface area contributed by atoms with Crippen molar-refractivity contribution >= 4 is 64.0 Å². The van der Waals surface area contributed by atoms with E-state index in [1.54, 1.807) is 0 Å². The van der Waals surface area contributed by atoms with Gasteiger partial charge in [0.1, 0.15) is 0 Å². The Balaban J connectivity index is 3.27. The molecule has 0 aliphatic carbocycles. The van der Waals surface area contributed by atoms with Gasteiger partial charge in [-0.1, -0.05) is 62.7 Å². The van der Waals surface area contributed by atoms with Crippen molar-refractivity contribution < 1.29 is 4.92 Å². The molecular weight excluding hydrogens is 315 g/mol. The zero-order chi connectivity index (χ0) is 11.9. The first-order valence-corrected chi connectivity index (χ1v) is 4.94. The molecular formula is C3Cl5N5O2. The van der Waals surface area contributed by atoms with E-state index >= 15 is 0 Å². The molecule has 0 bridgehead atoms. The number of halogens is 5. The van der Waals surface area contributed by atoms with Gasteiger partial charge in [0.25, 0.3) is 3.79 Å². The van der Waals surface area contributed by atoms with Gasteiger partial charge < -0.3 is 10.1 Å². The normalized spacial score (nSPS) is 12.9. The highest BCUT2D eigenvalue weighted by molar-refractivity contribution is 6.74. The monoisotopic (exact) mass is 313 g/mol. The van der Waals surface area contributed by atoms with Crippen LogP contribution in [-0.4, -0.2) is 28.9 Å². The molecule has 15 heavy (non-hydrogen) atoms. The van der Waals surface area contributed by atoms with Crippen molar-refractivity contribution in [1.29, 1.82) is 0 Å². The third-order valence-corrected chi connectivity index (χ3v) is 3.51. The van der Waals surface area contributed by atoms with Crippen LogP contribution >= 0.6 is 58.0 Å². The minimum Gasteiger partial charge on any atom is -0.390 e. The van der Waals surface area contributed by atoms with Gasteiger partial charge in [-0.05, 0) is 4.92 Å². The largest absolute Gasteiger partial charge is 0.482 e. The molecule has 0 N–H and O–H groups in total. The third kappa shape index (κ3) is 2.36. The second-order valence-electron chi connectivity index (χ2n) is 2.19. The van der Waals surface area contributed by atoms with E-state index in [-0.39, 0.29) is 0 Å². The predicted molar refractivity (Wildman–Crippen MR) is 54.4 cm³/mol. The van der Waals surface area contributed by atoms with Gasteiger partial charge in [0.05, 0.1) is 10.3 Å². The molecule has 1 aromatic heterocycles. The summed E-state index contributed by atoms with van der Waals surface area (Å²) in [7, 11) is 0. The Bertz CT molecular complexity index is 384. The molecule has 0 radical (unpaired) electrons. The lowest BCUT2D eigenvalue weighted by Crippen LogP contribution is -2.36. The SMILES string of the molecule is O=[N+]([O-])c1nnnn1C(Cl)(Cl)C(Cl)(Cl)Cl. The van der Waals surface area contributed by atoms with Gasteiger partial charge in [-0.25, -0.2) is 0 Å². The second kappa shape index (κ2) is 4.06. The fraction of sp³-hybridized carbons (Fsp3) is 0.667. The van der Waals surface area contributed by atoms with Gasteiger partial charge in [0.2, 0.25) is 0 Å². The number of aromatic nitrogens is 4. The average molecular weight is 315 g/mol. The molecule has 1 rings (SSSR count). The van der Waals surface area contributed by atoms with Crippen LogP contribution in [0.5, 0.6) is 0 Å². The molecule has 0 aromatic carbocycles. The van der Waals surface area contributed by atoms with Crippen LogP contribution in [0.3, 0.4) is 0 Å². The Labute approximate surface area is 107 Å². The second-order valence-corrected chi connectivity index (χ2v) is 5.76. The summed E-state index contributed by atoms with van der Waals surface area (Å²) in [6, 6.07) is 0. The van der Waals surface area contributed by atoms with Gasteiger partial charge in [0.15, 0.2) is 0 Å². The topological polar surface area (TPSA) is 86.7 Å². The van der Waals surface area contributed by atoms with Crippen molar-refractivity contribution in [1.82, 2.24) is 20.2 Å². The van der Waals surface area contributed by atoms with E-state index in [1.807, 2.05) is 0 Å². The van der Waals surface area contributed by atoms with Crippen LogP contribution in [0.15, 0.2) is 0 Å². The molecule has 1 aromatic rings. The molecule has 0 saturated carbocycles. The van der Waals surface area contributed by atoms with Crippen LogP contribution in [0.25, 0.3) is 0 Å². The van der Waals surface area contributed by atoms with Crippen molar-refractivity contribution in [3.05, 3.63) is 10.1 Å². The molecule has 7 nitrogen and oxygen atoms in total. The minimum absolute atomic E-state index is 0.392. The molecule has 0 unspecified atom stereocenters. The summed E-state index contributed by atoms with van der Waals surface area (Å²) >= 11 is 27.5. The Hall–Kier alpha value is -0.0800. The molecule has 0 atom stereocenters. The Morgan fingerprint density at radius 2 is 1.80 bits per heavy atom. The van der Waals surface area contributed by atoms with Crippen molar-refractivity contribution in [3.63, 3.8) is 0 Å². The molecule has 0 saturated heterocycles. The quantitative estimate of drug-likeness (QED) is 0.473. The lowest BCUT2D eigenvalue weighted by Gasteiger charge is -2.22. The van der Waals surface area contributed by atoms with Crippen LogP contribution in [0.1, 0.15) is 0 Å². The number of tetrazole rings is 1. The maximum Gasteiger partial charge on any atom is 0.482 e. The minimum atomic E-state index is -2.29. The van der Waals surface area contributed by atoms with E-state index in [0.717, 1.165) is 0 Å². The summed E-state index contributed by atoms with van der Waals surface area (Å²) in [5, 5.41) is 19.7. The van der Waals surface area contributed by atoms with E-state index in [0.29, 0.717) is 4.68 Å². The van der Waals surface area contributed by atoms with Gasteiger partial charge in [-0.15, -0.1) is 0 Å². The molecule has 0 amide bonds. The molecule has 0 aliphatic heterocycles. The molecule has 84 valence electrons. The maximum absolute atomic E-state index is 10.5. The standard InChI is InChI=1S/C3Cl5N5O2/c4-2(5,6)3(7,8)12-1(13(14)15)9-10-11-12. The zero-order valence-electron chi connectivity index (χ0n) is 6.44. The highest BCUT2D eigenvalue weighted by atomic mass is 35.6. The summed E-state index contributed by atoms with van der Waals surface area (Å²) < 4.78 is -4.14. The van der Waals surface area contributed by atoms with Gasteiger partial charge in [-0.2, -0.15) is 0 Å².